The van der Waals surface area contributed by atoms with Crippen molar-refractivity contribution < 1.29 is 14.7 Å². The summed E-state index contributed by atoms with van der Waals surface area (Å²) in [5.41, 5.74) is 0.539. The number of ether oxygens (including phenoxy) is 2. The average Bonchev–Trinajstić information content (AvgIpc) is 2.42. The molecule has 0 radical (unpaired) electrons. The van der Waals surface area contributed by atoms with Crippen molar-refractivity contribution in [2.75, 3.05) is 13.2 Å². The summed E-state index contributed by atoms with van der Waals surface area (Å²) in [5, 5.41) is 11.5. The second-order valence-corrected chi connectivity index (χ2v) is 4.20. The van der Waals surface area contributed by atoms with Crippen LogP contribution in [-0.4, -0.2) is 29.6 Å². The third-order valence-electron chi connectivity index (χ3n) is 2.55. The van der Waals surface area contributed by atoms with E-state index in [1.165, 1.54) is 6.21 Å². The number of aromatic nitrogens is 1. The van der Waals surface area contributed by atoms with E-state index in [1.807, 2.05) is 0 Å². The van der Waals surface area contributed by atoms with Crippen LogP contribution in [0.3, 0.4) is 0 Å². The molecule has 0 aliphatic heterocycles. The topological polar surface area (TPSA) is 63.9 Å². The Labute approximate surface area is 114 Å². The lowest BCUT2D eigenvalue weighted by molar-refractivity contribution is 0.261. The minimum absolute atomic E-state index is 0.539. The zero-order chi connectivity index (χ0) is 13.9. The first-order valence-electron chi connectivity index (χ1n) is 6.74. The zero-order valence-electron chi connectivity index (χ0n) is 11.6. The molecule has 1 rings (SSSR count). The molecule has 0 fully saturated rings. The number of hydrogen-bond acceptors (Lipinski definition) is 5. The van der Waals surface area contributed by atoms with Crippen molar-refractivity contribution in [2.45, 2.75) is 39.5 Å². The normalized spacial score (nSPS) is 10.8. The standard InChI is InChI=1S/C14H22N2O3/c1-3-5-7-18-13-9-12(10-16-17)15-11-14(13)19-8-6-4-2/h9-11,17H,3-8H2,1-2H3/b16-10+. The first-order valence-corrected chi connectivity index (χ1v) is 6.74. The Hall–Kier alpha value is -1.78. The van der Waals surface area contributed by atoms with E-state index in [0.29, 0.717) is 30.4 Å². The molecule has 1 N–H and O–H groups in total. The number of nitrogens with zero attached hydrogens (tertiary/aromatic N) is 2. The van der Waals surface area contributed by atoms with Crippen molar-refractivity contribution in [3.63, 3.8) is 0 Å². The number of pyridine rings is 1. The molecule has 19 heavy (non-hydrogen) atoms. The van der Waals surface area contributed by atoms with Gasteiger partial charge in [0, 0.05) is 6.07 Å². The molecule has 0 spiro atoms. The molecule has 0 aliphatic rings. The van der Waals surface area contributed by atoms with Crippen LogP contribution in [0.25, 0.3) is 0 Å². The second-order valence-electron chi connectivity index (χ2n) is 4.20. The van der Waals surface area contributed by atoms with Crippen molar-refractivity contribution in [2.24, 2.45) is 5.16 Å². The fraction of sp³-hybridized carbons (Fsp3) is 0.571. The lowest BCUT2D eigenvalue weighted by Crippen LogP contribution is -2.04. The van der Waals surface area contributed by atoms with Crippen LogP contribution >= 0.6 is 0 Å². The van der Waals surface area contributed by atoms with Gasteiger partial charge in [0.1, 0.15) is 0 Å². The molecule has 5 nitrogen and oxygen atoms in total. The molecular weight excluding hydrogens is 244 g/mol. The predicted octanol–water partition coefficient (Wildman–Crippen LogP) is 3.25. The van der Waals surface area contributed by atoms with Gasteiger partial charge in [0.15, 0.2) is 11.5 Å². The van der Waals surface area contributed by atoms with E-state index in [1.54, 1.807) is 12.3 Å². The Kier molecular flexibility index (Phi) is 7.39. The number of oxime groups is 1. The fourth-order valence-electron chi connectivity index (χ4n) is 1.44. The van der Waals surface area contributed by atoms with Crippen LogP contribution < -0.4 is 9.47 Å². The summed E-state index contributed by atoms with van der Waals surface area (Å²) in [4.78, 5) is 4.12. The maximum absolute atomic E-state index is 8.52. The van der Waals surface area contributed by atoms with Crippen molar-refractivity contribution in [3.05, 3.63) is 18.0 Å². The molecule has 1 aromatic rings. The molecule has 0 saturated heterocycles. The van der Waals surface area contributed by atoms with E-state index in [-0.39, 0.29) is 0 Å². The smallest absolute Gasteiger partial charge is 0.179 e. The minimum atomic E-state index is 0.539. The minimum Gasteiger partial charge on any atom is -0.490 e. The van der Waals surface area contributed by atoms with Gasteiger partial charge >= 0.3 is 0 Å². The lowest BCUT2D eigenvalue weighted by atomic mass is 10.3. The molecule has 0 aromatic carbocycles. The fourth-order valence-corrected chi connectivity index (χ4v) is 1.44. The molecule has 0 saturated carbocycles. The molecule has 1 aromatic heterocycles. The van der Waals surface area contributed by atoms with Gasteiger partial charge in [-0.15, -0.1) is 0 Å². The van der Waals surface area contributed by atoms with Crippen molar-refractivity contribution in [1.82, 2.24) is 4.98 Å². The van der Waals surface area contributed by atoms with Gasteiger partial charge in [0.2, 0.25) is 0 Å². The monoisotopic (exact) mass is 266 g/mol. The summed E-state index contributed by atoms with van der Waals surface area (Å²) in [5.74, 6) is 1.29. The van der Waals surface area contributed by atoms with Crippen LogP contribution in [0, 0.1) is 0 Å². The van der Waals surface area contributed by atoms with E-state index in [9.17, 15) is 0 Å². The van der Waals surface area contributed by atoms with E-state index in [4.69, 9.17) is 14.7 Å². The third kappa shape index (κ3) is 5.59. The van der Waals surface area contributed by atoms with Gasteiger partial charge in [-0.1, -0.05) is 31.8 Å². The van der Waals surface area contributed by atoms with Crippen molar-refractivity contribution in [3.8, 4) is 11.5 Å². The Balaban J connectivity index is 2.74. The molecule has 5 heteroatoms. The highest BCUT2D eigenvalue weighted by atomic mass is 16.5. The maximum atomic E-state index is 8.52. The molecule has 0 aliphatic carbocycles. The first-order chi connectivity index (χ1) is 9.31. The van der Waals surface area contributed by atoms with Crippen LogP contribution in [0.4, 0.5) is 0 Å². The molecule has 106 valence electrons. The Bertz CT molecular complexity index is 394. The molecule has 0 amide bonds. The zero-order valence-corrected chi connectivity index (χ0v) is 11.6. The summed E-state index contributed by atoms with van der Waals surface area (Å²) in [6.45, 7) is 5.51. The number of rotatable bonds is 9. The summed E-state index contributed by atoms with van der Waals surface area (Å²) >= 11 is 0. The quantitative estimate of drug-likeness (QED) is 0.322. The van der Waals surface area contributed by atoms with Gasteiger partial charge in [-0.05, 0) is 12.8 Å². The highest BCUT2D eigenvalue weighted by Crippen LogP contribution is 2.27. The summed E-state index contributed by atoms with van der Waals surface area (Å²) in [6.07, 6.45) is 7.00. The van der Waals surface area contributed by atoms with Crippen molar-refractivity contribution >= 4 is 6.21 Å². The predicted molar refractivity (Wildman–Crippen MR) is 74.4 cm³/mol. The summed E-state index contributed by atoms with van der Waals surface area (Å²) in [7, 11) is 0. The largest absolute Gasteiger partial charge is 0.490 e. The first kappa shape index (κ1) is 15.3. The molecular formula is C14H22N2O3. The summed E-state index contributed by atoms with van der Waals surface area (Å²) < 4.78 is 11.3. The maximum Gasteiger partial charge on any atom is 0.179 e. The average molecular weight is 266 g/mol. The molecule has 0 atom stereocenters. The molecule has 0 unspecified atom stereocenters. The molecule has 1 heterocycles. The van der Waals surface area contributed by atoms with Crippen LogP contribution in [0.15, 0.2) is 17.4 Å². The Morgan fingerprint density at radius 1 is 1.16 bits per heavy atom. The van der Waals surface area contributed by atoms with Crippen LogP contribution in [-0.2, 0) is 0 Å². The molecule has 0 bridgehead atoms. The van der Waals surface area contributed by atoms with Gasteiger partial charge in [0.25, 0.3) is 0 Å². The van der Waals surface area contributed by atoms with Gasteiger partial charge < -0.3 is 14.7 Å². The van der Waals surface area contributed by atoms with E-state index in [0.717, 1.165) is 25.7 Å². The Morgan fingerprint density at radius 3 is 2.37 bits per heavy atom. The third-order valence-corrected chi connectivity index (χ3v) is 2.55. The second kappa shape index (κ2) is 9.19. The van der Waals surface area contributed by atoms with E-state index < -0.39 is 0 Å². The van der Waals surface area contributed by atoms with Crippen molar-refractivity contribution in [1.29, 1.82) is 0 Å². The van der Waals surface area contributed by atoms with Gasteiger partial charge in [0.05, 0.1) is 31.3 Å². The van der Waals surface area contributed by atoms with Crippen LogP contribution in [0.5, 0.6) is 11.5 Å². The van der Waals surface area contributed by atoms with Crippen LogP contribution in [0.1, 0.15) is 45.2 Å². The number of unbranched alkanes of at least 4 members (excludes halogenated alkanes) is 2. The van der Waals surface area contributed by atoms with E-state index in [2.05, 4.69) is 24.0 Å². The Morgan fingerprint density at radius 2 is 1.79 bits per heavy atom. The van der Waals surface area contributed by atoms with Gasteiger partial charge in [-0.2, -0.15) is 0 Å². The highest BCUT2D eigenvalue weighted by Gasteiger charge is 2.07. The van der Waals surface area contributed by atoms with Gasteiger partial charge in [-0.3, -0.25) is 4.98 Å². The van der Waals surface area contributed by atoms with E-state index >= 15 is 0 Å². The van der Waals surface area contributed by atoms with Gasteiger partial charge in [-0.25, -0.2) is 0 Å². The number of hydrogen-bond donors (Lipinski definition) is 1. The highest BCUT2D eigenvalue weighted by molar-refractivity contribution is 5.77. The SMILES string of the molecule is CCCCOc1cnc(/C=N/O)cc1OCCCC. The summed E-state index contributed by atoms with van der Waals surface area (Å²) in [6, 6.07) is 1.72. The lowest BCUT2D eigenvalue weighted by Gasteiger charge is -2.12. The van der Waals surface area contributed by atoms with Crippen LogP contribution in [0.2, 0.25) is 0 Å².